The van der Waals surface area contributed by atoms with E-state index in [1.165, 1.54) is 65.7 Å². The highest BCUT2D eigenvalue weighted by molar-refractivity contribution is 6.24. The van der Waals surface area contributed by atoms with Crippen molar-refractivity contribution in [2.45, 2.75) is 0 Å². The molecule has 0 aliphatic carbocycles. The first-order chi connectivity index (χ1) is 27.7. The van der Waals surface area contributed by atoms with E-state index in [4.69, 9.17) is 8.83 Å². The molecule has 0 atom stereocenters. The second kappa shape index (κ2) is 12.0. The molecule has 260 valence electrons. The largest absolute Gasteiger partial charge is 0.456 e. The Kier molecular flexibility index (Phi) is 6.66. The van der Waals surface area contributed by atoms with Gasteiger partial charge in [0.15, 0.2) is 0 Å². The van der Waals surface area contributed by atoms with Gasteiger partial charge in [-0.1, -0.05) is 146 Å². The quantitative estimate of drug-likeness (QED) is 0.170. The molecule has 0 saturated carbocycles. The van der Waals surface area contributed by atoms with Crippen LogP contribution in [0.5, 0.6) is 0 Å². The molecule has 0 aliphatic heterocycles. The lowest BCUT2D eigenvalue weighted by atomic mass is 9.83. The highest BCUT2D eigenvalue weighted by Crippen LogP contribution is 2.48. The maximum absolute atomic E-state index is 6.51. The third kappa shape index (κ3) is 4.69. The Morgan fingerprint density at radius 2 is 0.696 bits per heavy atom. The summed E-state index contributed by atoms with van der Waals surface area (Å²) in [6, 6.07) is 70.0. The van der Waals surface area contributed by atoms with Crippen molar-refractivity contribution in [2.75, 3.05) is 0 Å². The van der Waals surface area contributed by atoms with Gasteiger partial charge in [-0.05, 0) is 125 Å². The monoisotopic (exact) mass is 712 g/mol. The van der Waals surface area contributed by atoms with Crippen LogP contribution in [0.15, 0.2) is 203 Å². The number of hydrogen-bond acceptors (Lipinski definition) is 2. The SMILES string of the molecule is c1ccc(-c2ccc3c(-c4ccc5c(c4)oc4ccccc45)c4cc(-c5cccc6ccccc56)ccc4c(-c4ccc5c(c4)oc4ccccc45)c3c2)cc1. The lowest BCUT2D eigenvalue weighted by Crippen LogP contribution is -1.93. The van der Waals surface area contributed by atoms with Gasteiger partial charge in [-0.2, -0.15) is 0 Å². The summed E-state index contributed by atoms with van der Waals surface area (Å²) < 4.78 is 13.0. The first-order valence-corrected chi connectivity index (χ1v) is 19.2. The van der Waals surface area contributed by atoms with E-state index in [9.17, 15) is 0 Å². The topological polar surface area (TPSA) is 26.3 Å². The van der Waals surface area contributed by atoms with Gasteiger partial charge in [0.25, 0.3) is 0 Å². The molecule has 0 amide bonds. The number of hydrogen-bond donors (Lipinski definition) is 0. The average Bonchev–Trinajstić information content (AvgIpc) is 3.83. The zero-order valence-corrected chi connectivity index (χ0v) is 30.3. The van der Waals surface area contributed by atoms with E-state index in [2.05, 4.69) is 176 Å². The zero-order chi connectivity index (χ0) is 36.7. The van der Waals surface area contributed by atoms with Crippen LogP contribution < -0.4 is 0 Å². The standard InChI is InChI=1S/C54H32O2/c1-2-11-33(12-3-1)35-21-27-45-47(29-35)53(37-23-25-43-41-16-6-8-19-49(41)55-51(43)31-37)46-28-22-36(40-18-10-14-34-13-4-5-15-39(34)40)30-48(46)54(45)38-24-26-44-42-17-7-9-20-50(42)56-52(44)32-38/h1-32H. The van der Waals surface area contributed by atoms with Crippen LogP contribution in [0.4, 0.5) is 0 Å². The summed E-state index contributed by atoms with van der Waals surface area (Å²) >= 11 is 0. The first kappa shape index (κ1) is 31.0. The van der Waals surface area contributed by atoms with Gasteiger partial charge in [-0.25, -0.2) is 0 Å². The minimum Gasteiger partial charge on any atom is -0.456 e. The number of furan rings is 2. The fourth-order valence-corrected chi connectivity index (χ4v) is 9.07. The Labute approximate surface area is 322 Å². The molecular formula is C54H32O2. The molecule has 56 heavy (non-hydrogen) atoms. The number of para-hydroxylation sites is 2. The smallest absolute Gasteiger partial charge is 0.136 e. The van der Waals surface area contributed by atoms with Crippen LogP contribution in [-0.4, -0.2) is 0 Å². The maximum atomic E-state index is 6.51. The molecule has 2 nitrogen and oxygen atoms in total. The summed E-state index contributed by atoms with van der Waals surface area (Å²) in [7, 11) is 0. The molecule has 10 aromatic carbocycles. The highest BCUT2D eigenvalue weighted by atomic mass is 16.3. The van der Waals surface area contributed by atoms with Gasteiger partial charge in [0.05, 0.1) is 0 Å². The van der Waals surface area contributed by atoms with Crippen LogP contribution in [0.3, 0.4) is 0 Å². The van der Waals surface area contributed by atoms with Crippen molar-refractivity contribution in [1.29, 1.82) is 0 Å². The van der Waals surface area contributed by atoms with E-state index >= 15 is 0 Å². The van der Waals surface area contributed by atoms with Gasteiger partial charge in [-0.3, -0.25) is 0 Å². The summed E-state index contributed by atoms with van der Waals surface area (Å²) in [5.41, 5.74) is 12.9. The molecule has 0 N–H and O–H groups in total. The highest BCUT2D eigenvalue weighted by Gasteiger charge is 2.21. The number of rotatable bonds is 4. The second-order valence-electron chi connectivity index (χ2n) is 14.8. The number of benzene rings is 10. The van der Waals surface area contributed by atoms with Gasteiger partial charge >= 0.3 is 0 Å². The summed E-state index contributed by atoms with van der Waals surface area (Å²) in [5, 5.41) is 11.7. The molecule has 12 aromatic rings. The van der Waals surface area contributed by atoms with Crippen LogP contribution in [0, 0.1) is 0 Å². The maximum Gasteiger partial charge on any atom is 0.136 e. The molecule has 12 rings (SSSR count). The van der Waals surface area contributed by atoms with Crippen LogP contribution in [-0.2, 0) is 0 Å². The molecule has 0 unspecified atom stereocenters. The molecule has 0 saturated heterocycles. The first-order valence-electron chi connectivity index (χ1n) is 19.2. The minimum atomic E-state index is 0.885. The summed E-state index contributed by atoms with van der Waals surface area (Å²) in [4.78, 5) is 0. The normalized spacial score (nSPS) is 11.9. The number of fused-ring (bicyclic) bond motifs is 9. The van der Waals surface area contributed by atoms with Crippen molar-refractivity contribution < 1.29 is 8.83 Å². The van der Waals surface area contributed by atoms with Gasteiger partial charge < -0.3 is 8.83 Å². The van der Waals surface area contributed by atoms with Gasteiger partial charge in [0.1, 0.15) is 22.3 Å². The Hall–Kier alpha value is -7.42. The molecule has 2 heterocycles. The molecule has 0 fully saturated rings. The van der Waals surface area contributed by atoms with Crippen molar-refractivity contribution >= 4 is 76.2 Å². The molecule has 2 aromatic heterocycles. The predicted molar refractivity (Wildman–Crippen MR) is 235 cm³/mol. The van der Waals surface area contributed by atoms with Crippen molar-refractivity contribution in [3.63, 3.8) is 0 Å². The minimum absolute atomic E-state index is 0.885. The van der Waals surface area contributed by atoms with Crippen molar-refractivity contribution in [3.8, 4) is 44.5 Å². The van der Waals surface area contributed by atoms with Crippen LogP contribution in [0.25, 0.3) is 121 Å². The molecule has 0 aliphatic rings. The van der Waals surface area contributed by atoms with Crippen LogP contribution >= 0.6 is 0 Å². The fourth-order valence-electron chi connectivity index (χ4n) is 9.07. The average molecular weight is 713 g/mol. The third-order valence-corrected chi connectivity index (χ3v) is 11.7. The van der Waals surface area contributed by atoms with E-state index in [1.54, 1.807) is 0 Å². The zero-order valence-electron chi connectivity index (χ0n) is 30.3. The third-order valence-electron chi connectivity index (χ3n) is 11.7. The van der Waals surface area contributed by atoms with E-state index in [1.807, 2.05) is 18.2 Å². The lowest BCUT2D eigenvalue weighted by molar-refractivity contribution is 0.668. The van der Waals surface area contributed by atoms with E-state index in [0.717, 1.165) is 55.0 Å². The van der Waals surface area contributed by atoms with Crippen molar-refractivity contribution in [2.24, 2.45) is 0 Å². The van der Waals surface area contributed by atoms with Crippen LogP contribution in [0.1, 0.15) is 0 Å². The van der Waals surface area contributed by atoms with E-state index in [-0.39, 0.29) is 0 Å². The van der Waals surface area contributed by atoms with Crippen molar-refractivity contribution in [3.05, 3.63) is 194 Å². The summed E-state index contributed by atoms with van der Waals surface area (Å²) in [6.45, 7) is 0. The fraction of sp³-hybridized carbons (Fsp3) is 0. The molecule has 0 spiro atoms. The predicted octanol–water partition coefficient (Wildman–Crippen LogP) is 15.6. The molecule has 2 heteroatoms. The lowest BCUT2D eigenvalue weighted by Gasteiger charge is -2.20. The van der Waals surface area contributed by atoms with Crippen LogP contribution in [0.2, 0.25) is 0 Å². The molecular weight excluding hydrogens is 681 g/mol. The Morgan fingerprint density at radius 1 is 0.232 bits per heavy atom. The van der Waals surface area contributed by atoms with Gasteiger partial charge in [-0.15, -0.1) is 0 Å². The van der Waals surface area contributed by atoms with E-state index in [0.29, 0.717) is 0 Å². The summed E-state index contributed by atoms with van der Waals surface area (Å²) in [6.07, 6.45) is 0. The van der Waals surface area contributed by atoms with Gasteiger partial charge in [0.2, 0.25) is 0 Å². The Morgan fingerprint density at radius 3 is 1.34 bits per heavy atom. The Bertz CT molecular complexity index is 3520. The van der Waals surface area contributed by atoms with Crippen molar-refractivity contribution in [1.82, 2.24) is 0 Å². The van der Waals surface area contributed by atoms with E-state index < -0.39 is 0 Å². The molecule has 0 radical (unpaired) electrons. The summed E-state index contributed by atoms with van der Waals surface area (Å²) in [5.74, 6) is 0. The molecule has 0 bridgehead atoms. The van der Waals surface area contributed by atoms with Gasteiger partial charge in [0, 0.05) is 21.5 Å². The second-order valence-corrected chi connectivity index (χ2v) is 14.8. The Balaban J connectivity index is 1.22.